The van der Waals surface area contributed by atoms with E-state index in [-0.39, 0.29) is 6.29 Å². The third-order valence-corrected chi connectivity index (χ3v) is 14.9. The average molecular weight is 431 g/mol. The first-order chi connectivity index (χ1) is 10.3. The molecule has 4 rings (SSSR count). The van der Waals surface area contributed by atoms with E-state index in [0.717, 1.165) is 0 Å². The first kappa shape index (κ1) is 16.4. The highest BCUT2D eigenvalue weighted by molar-refractivity contribution is 8.49. The normalized spacial score (nSPS) is 25.9. The molecule has 0 fully saturated rings. The van der Waals surface area contributed by atoms with Crippen molar-refractivity contribution < 1.29 is 9.47 Å². The standard InChI is InChI=1S/C11H10O2S8/c1-12-4(13-2)5-16-8-9(17-5)21-11(20-8)10-18-6-7(19-10)15-3-14-6/h4-5H,3H2,1-2H3. The lowest BCUT2D eigenvalue weighted by atomic mass is 10.7. The highest BCUT2D eigenvalue weighted by Gasteiger charge is 2.40. The van der Waals surface area contributed by atoms with Gasteiger partial charge in [-0.05, 0) is 0 Å². The minimum Gasteiger partial charge on any atom is -0.354 e. The molecule has 0 aromatic carbocycles. The number of rotatable bonds is 3. The maximum Gasteiger partial charge on any atom is 0.178 e. The number of hydrogen-bond acceptors (Lipinski definition) is 10. The molecule has 0 radical (unpaired) electrons. The van der Waals surface area contributed by atoms with E-state index in [1.54, 1.807) is 14.2 Å². The van der Waals surface area contributed by atoms with E-state index in [4.69, 9.17) is 9.47 Å². The molecule has 4 aliphatic heterocycles. The third-order valence-electron chi connectivity index (χ3n) is 2.75. The van der Waals surface area contributed by atoms with Gasteiger partial charge in [0.15, 0.2) is 6.29 Å². The van der Waals surface area contributed by atoms with Crippen LogP contribution in [0.25, 0.3) is 0 Å². The fourth-order valence-corrected chi connectivity index (χ4v) is 15.5. The SMILES string of the molecule is COC(OC)C1SC2=C(SC(=C3SC4=C(SCS4)S3)S2)S1. The van der Waals surface area contributed by atoms with Crippen molar-refractivity contribution >= 4 is 94.1 Å². The summed E-state index contributed by atoms with van der Waals surface area (Å²) in [5, 5.41) is 1.19. The van der Waals surface area contributed by atoms with Gasteiger partial charge >= 0.3 is 0 Å². The molecule has 4 heterocycles. The molecule has 0 atom stereocenters. The van der Waals surface area contributed by atoms with Gasteiger partial charge < -0.3 is 9.47 Å². The Bertz CT molecular complexity index is 527. The number of thioether (sulfide) groups is 8. The molecule has 0 aliphatic carbocycles. The Hall–Kier alpha value is 1.94. The summed E-state index contributed by atoms with van der Waals surface area (Å²) in [4.78, 5) is 0. The Labute approximate surface area is 158 Å². The van der Waals surface area contributed by atoms with Crippen molar-refractivity contribution in [3.05, 3.63) is 25.4 Å². The molecule has 0 spiro atoms. The predicted molar refractivity (Wildman–Crippen MR) is 108 cm³/mol. The van der Waals surface area contributed by atoms with Crippen LogP contribution in [0.4, 0.5) is 0 Å². The molecule has 10 heteroatoms. The Morgan fingerprint density at radius 3 is 1.71 bits per heavy atom. The van der Waals surface area contributed by atoms with Crippen LogP contribution < -0.4 is 0 Å². The van der Waals surface area contributed by atoms with Crippen molar-refractivity contribution in [3.63, 3.8) is 0 Å². The van der Waals surface area contributed by atoms with Gasteiger partial charge in [0.1, 0.15) is 4.58 Å². The molecule has 0 saturated carbocycles. The summed E-state index contributed by atoms with van der Waals surface area (Å²) in [7, 11) is 3.42. The molecule has 21 heavy (non-hydrogen) atoms. The molecule has 114 valence electrons. The van der Waals surface area contributed by atoms with Crippen LogP contribution in [0.1, 0.15) is 0 Å². The molecule has 0 aromatic rings. The van der Waals surface area contributed by atoms with Gasteiger partial charge in [-0.25, -0.2) is 0 Å². The van der Waals surface area contributed by atoms with Crippen LogP contribution in [0, 0.1) is 0 Å². The summed E-state index contributed by atoms with van der Waals surface area (Å²) in [6.45, 7) is 0. The molecule has 0 aromatic heterocycles. The van der Waals surface area contributed by atoms with E-state index < -0.39 is 0 Å². The van der Waals surface area contributed by atoms with Crippen molar-refractivity contribution in [1.29, 1.82) is 0 Å². The molecule has 0 amide bonds. The van der Waals surface area contributed by atoms with E-state index in [1.807, 2.05) is 94.1 Å². The first-order valence-electron chi connectivity index (χ1n) is 5.87. The molecule has 0 unspecified atom stereocenters. The van der Waals surface area contributed by atoms with Gasteiger partial charge in [0.25, 0.3) is 0 Å². The smallest absolute Gasteiger partial charge is 0.178 e. The van der Waals surface area contributed by atoms with E-state index in [2.05, 4.69) is 0 Å². The van der Waals surface area contributed by atoms with Gasteiger partial charge in [-0.1, -0.05) is 70.6 Å². The van der Waals surface area contributed by atoms with Crippen molar-refractivity contribution in [1.82, 2.24) is 0 Å². The predicted octanol–water partition coefficient (Wildman–Crippen LogP) is 6.19. The van der Waals surface area contributed by atoms with Gasteiger partial charge in [-0.3, -0.25) is 0 Å². The fourth-order valence-electron chi connectivity index (χ4n) is 1.83. The highest BCUT2D eigenvalue weighted by atomic mass is 32.3. The quantitative estimate of drug-likeness (QED) is 0.480. The van der Waals surface area contributed by atoms with Gasteiger partial charge in [0.05, 0.1) is 25.4 Å². The van der Waals surface area contributed by atoms with Crippen molar-refractivity contribution in [3.8, 4) is 0 Å². The van der Waals surface area contributed by atoms with E-state index in [0.29, 0.717) is 4.58 Å². The number of ether oxygens (including phenoxy) is 2. The third kappa shape index (κ3) is 3.23. The van der Waals surface area contributed by atoms with Gasteiger partial charge in [-0.15, -0.1) is 23.5 Å². The zero-order valence-corrected chi connectivity index (χ0v) is 17.5. The summed E-state index contributed by atoms with van der Waals surface area (Å²) in [5.74, 6) is 0. The van der Waals surface area contributed by atoms with Crippen LogP contribution in [0.15, 0.2) is 25.4 Å². The van der Waals surface area contributed by atoms with Crippen molar-refractivity contribution in [2.45, 2.75) is 10.9 Å². The zero-order valence-electron chi connectivity index (χ0n) is 10.9. The van der Waals surface area contributed by atoms with Gasteiger partial charge in [0, 0.05) is 19.3 Å². The number of hydrogen-bond donors (Lipinski definition) is 0. The van der Waals surface area contributed by atoms with Crippen molar-refractivity contribution in [2.24, 2.45) is 0 Å². The minimum absolute atomic E-state index is 0.142. The van der Waals surface area contributed by atoms with Crippen LogP contribution in [-0.2, 0) is 9.47 Å². The summed E-state index contributed by atoms with van der Waals surface area (Å²) >= 11 is 15.5. The lowest BCUT2D eigenvalue weighted by Crippen LogP contribution is -2.23. The maximum atomic E-state index is 5.38. The van der Waals surface area contributed by atoms with Crippen molar-refractivity contribution in [2.75, 3.05) is 19.3 Å². The Morgan fingerprint density at radius 1 is 0.762 bits per heavy atom. The molecule has 4 aliphatic rings. The van der Waals surface area contributed by atoms with Crippen LogP contribution in [0.5, 0.6) is 0 Å². The van der Waals surface area contributed by atoms with Crippen LogP contribution in [0.2, 0.25) is 0 Å². The van der Waals surface area contributed by atoms with Gasteiger partial charge in [0.2, 0.25) is 0 Å². The minimum atomic E-state index is -0.142. The van der Waals surface area contributed by atoms with Crippen LogP contribution in [-0.4, -0.2) is 30.2 Å². The number of methoxy groups -OCH3 is 2. The second-order valence-corrected chi connectivity index (χ2v) is 14.6. The lowest BCUT2D eigenvalue weighted by Gasteiger charge is -2.20. The fraction of sp³-hybridized carbons (Fsp3) is 0.455. The Kier molecular flexibility index (Phi) is 5.51. The second-order valence-electron chi connectivity index (χ2n) is 3.98. The Balaban J connectivity index is 1.41. The topological polar surface area (TPSA) is 18.5 Å². The molecular weight excluding hydrogens is 421 g/mol. The van der Waals surface area contributed by atoms with Crippen LogP contribution >= 0.6 is 94.1 Å². The lowest BCUT2D eigenvalue weighted by molar-refractivity contribution is -0.0891. The summed E-state index contributed by atoms with van der Waals surface area (Å²) in [6.07, 6.45) is -0.142. The van der Waals surface area contributed by atoms with Crippen LogP contribution in [0.3, 0.4) is 0 Å². The molecular formula is C11H10O2S8. The highest BCUT2D eigenvalue weighted by Crippen LogP contribution is 2.71. The Morgan fingerprint density at radius 2 is 1.24 bits per heavy atom. The zero-order chi connectivity index (χ0) is 14.4. The second kappa shape index (κ2) is 7.05. The largest absolute Gasteiger partial charge is 0.354 e. The summed E-state index contributed by atoms with van der Waals surface area (Å²) in [5.41, 5.74) is 0. The maximum absolute atomic E-state index is 5.38. The summed E-state index contributed by atoms with van der Waals surface area (Å²) in [6, 6.07) is 0. The molecule has 0 saturated heterocycles. The molecule has 2 nitrogen and oxygen atoms in total. The average Bonchev–Trinajstić information content (AvgIpc) is 3.16. The molecule has 0 N–H and O–H groups in total. The van der Waals surface area contributed by atoms with E-state index in [9.17, 15) is 0 Å². The summed E-state index contributed by atoms with van der Waals surface area (Å²) < 4.78 is 19.9. The van der Waals surface area contributed by atoms with Gasteiger partial charge in [-0.2, -0.15) is 0 Å². The monoisotopic (exact) mass is 430 g/mol. The molecule has 0 bridgehead atoms. The van der Waals surface area contributed by atoms with E-state index >= 15 is 0 Å². The van der Waals surface area contributed by atoms with E-state index in [1.165, 1.54) is 30.5 Å². The first-order valence-corrected chi connectivity index (χ1v) is 12.9.